The Morgan fingerprint density at radius 2 is 1.93 bits per heavy atom. The fourth-order valence-corrected chi connectivity index (χ4v) is 2.75. The molecule has 1 amide bonds. The van der Waals surface area contributed by atoms with E-state index >= 15 is 0 Å². The van der Waals surface area contributed by atoms with E-state index in [0.29, 0.717) is 17.3 Å². The lowest BCUT2D eigenvalue weighted by atomic mass is 10.2. The van der Waals surface area contributed by atoms with Crippen molar-refractivity contribution in [2.24, 2.45) is 0 Å². The number of carbonyl (C=O) groups excluding carboxylic acids is 1. The number of carbonyl (C=O) groups is 1. The standard InChI is InChI=1S/C21H16N6O/c1-2-6-21(28)25-16-9-10-17-18(11-16)27(14-23-17)20-13-22-12-19(26-20)24-15-7-4-3-5-8-15/h3-5,7-14H,1H3,(H,24,26)(H,25,28). The lowest BCUT2D eigenvalue weighted by molar-refractivity contribution is -0.111. The first kappa shape index (κ1) is 17.2. The fraction of sp³-hybridized carbons (Fsp3) is 0.0476. The minimum atomic E-state index is -0.359. The molecule has 0 fully saturated rings. The Bertz CT molecular complexity index is 1200. The maximum Gasteiger partial charge on any atom is 0.300 e. The Labute approximate surface area is 161 Å². The Kier molecular flexibility index (Phi) is 4.68. The fourth-order valence-electron chi connectivity index (χ4n) is 2.75. The van der Waals surface area contributed by atoms with E-state index in [1.165, 1.54) is 0 Å². The molecule has 0 saturated carbocycles. The average Bonchev–Trinajstić information content (AvgIpc) is 3.12. The largest absolute Gasteiger partial charge is 0.339 e. The van der Waals surface area contributed by atoms with Gasteiger partial charge in [0.1, 0.15) is 6.33 Å². The van der Waals surface area contributed by atoms with E-state index in [1.807, 2.05) is 47.0 Å². The number of nitrogens with zero attached hydrogens (tertiary/aromatic N) is 4. The molecule has 0 aliphatic rings. The Morgan fingerprint density at radius 1 is 1.07 bits per heavy atom. The van der Waals surface area contributed by atoms with E-state index in [0.717, 1.165) is 16.7 Å². The molecule has 4 aromatic rings. The molecule has 2 aromatic heterocycles. The van der Waals surface area contributed by atoms with E-state index in [9.17, 15) is 4.79 Å². The number of imidazole rings is 1. The van der Waals surface area contributed by atoms with Crippen LogP contribution in [-0.4, -0.2) is 25.4 Å². The van der Waals surface area contributed by atoms with Crippen molar-refractivity contribution in [1.29, 1.82) is 0 Å². The predicted molar refractivity (Wildman–Crippen MR) is 108 cm³/mol. The van der Waals surface area contributed by atoms with Crippen LogP contribution in [0.3, 0.4) is 0 Å². The van der Waals surface area contributed by atoms with Gasteiger partial charge in [0.05, 0.1) is 23.4 Å². The van der Waals surface area contributed by atoms with Crippen molar-refractivity contribution in [3.05, 3.63) is 67.3 Å². The second-order valence-electron chi connectivity index (χ2n) is 5.90. The summed E-state index contributed by atoms with van der Waals surface area (Å²) in [6.45, 7) is 1.62. The molecule has 4 rings (SSSR count). The minimum Gasteiger partial charge on any atom is -0.339 e. The average molecular weight is 368 g/mol. The van der Waals surface area contributed by atoms with Crippen LogP contribution < -0.4 is 10.6 Å². The highest BCUT2D eigenvalue weighted by atomic mass is 16.1. The summed E-state index contributed by atoms with van der Waals surface area (Å²) < 4.78 is 1.82. The first-order valence-corrected chi connectivity index (χ1v) is 8.58. The molecule has 2 heterocycles. The van der Waals surface area contributed by atoms with Gasteiger partial charge in [-0.25, -0.2) is 9.97 Å². The second kappa shape index (κ2) is 7.60. The first-order valence-electron chi connectivity index (χ1n) is 8.58. The van der Waals surface area contributed by atoms with Crippen LogP contribution in [0.4, 0.5) is 17.2 Å². The number of aromatic nitrogens is 4. The van der Waals surface area contributed by atoms with Crippen LogP contribution in [0.15, 0.2) is 67.3 Å². The normalized spacial score (nSPS) is 10.2. The highest BCUT2D eigenvalue weighted by molar-refractivity contribution is 6.04. The molecule has 7 nitrogen and oxygen atoms in total. The molecule has 7 heteroatoms. The number of benzene rings is 2. The van der Waals surface area contributed by atoms with E-state index in [1.54, 1.807) is 31.7 Å². The number of nitrogens with one attached hydrogen (secondary N) is 2. The molecule has 0 radical (unpaired) electrons. The number of fused-ring (bicyclic) bond motifs is 1. The highest BCUT2D eigenvalue weighted by Gasteiger charge is 2.09. The van der Waals surface area contributed by atoms with Gasteiger partial charge in [0.15, 0.2) is 11.6 Å². The third-order valence-electron chi connectivity index (χ3n) is 3.96. The molecule has 136 valence electrons. The summed E-state index contributed by atoms with van der Waals surface area (Å²) in [4.78, 5) is 25.0. The molecular weight excluding hydrogens is 352 g/mol. The molecule has 0 atom stereocenters. The molecule has 28 heavy (non-hydrogen) atoms. The van der Waals surface area contributed by atoms with E-state index in [4.69, 9.17) is 0 Å². The maximum absolute atomic E-state index is 11.7. The number of rotatable bonds is 4. The van der Waals surface area contributed by atoms with Crippen LogP contribution in [0.5, 0.6) is 0 Å². The minimum absolute atomic E-state index is 0.359. The summed E-state index contributed by atoms with van der Waals surface area (Å²) in [6, 6.07) is 15.2. The van der Waals surface area contributed by atoms with Gasteiger partial charge in [0.2, 0.25) is 0 Å². The molecule has 2 N–H and O–H groups in total. The van der Waals surface area contributed by atoms with Crippen molar-refractivity contribution < 1.29 is 4.79 Å². The maximum atomic E-state index is 11.7. The van der Waals surface area contributed by atoms with Gasteiger partial charge in [-0.2, -0.15) is 0 Å². The molecule has 0 bridgehead atoms. The van der Waals surface area contributed by atoms with Crippen molar-refractivity contribution in [3.63, 3.8) is 0 Å². The first-order chi connectivity index (χ1) is 13.7. The van der Waals surface area contributed by atoms with Crippen molar-refractivity contribution >= 4 is 34.1 Å². The zero-order valence-electron chi connectivity index (χ0n) is 15.0. The number of hydrogen-bond donors (Lipinski definition) is 2. The van der Waals surface area contributed by atoms with Gasteiger partial charge in [-0.3, -0.25) is 14.3 Å². The predicted octanol–water partition coefficient (Wildman–Crippen LogP) is 3.52. The molecule has 2 aromatic carbocycles. The molecule has 0 unspecified atom stereocenters. The number of hydrogen-bond acceptors (Lipinski definition) is 5. The van der Waals surface area contributed by atoms with Crippen molar-refractivity contribution in [1.82, 2.24) is 19.5 Å². The lowest BCUT2D eigenvalue weighted by Crippen LogP contribution is -2.08. The molecule has 0 aliphatic carbocycles. The number of anilines is 3. The Morgan fingerprint density at radius 3 is 2.75 bits per heavy atom. The second-order valence-corrected chi connectivity index (χ2v) is 5.90. The summed E-state index contributed by atoms with van der Waals surface area (Å²) in [7, 11) is 0. The van der Waals surface area contributed by atoms with Gasteiger partial charge in [-0.05, 0) is 43.2 Å². The van der Waals surface area contributed by atoms with Crippen LogP contribution in [0.2, 0.25) is 0 Å². The van der Waals surface area contributed by atoms with Gasteiger partial charge >= 0.3 is 0 Å². The summed E-state index contributed by atoms with van der Waals surface area (Å²) in [5.41, 5.74) is 3.14. The highest BCUT2D eigenvalue weighted by Crippen LogP contribution is 2.22. The Balaban J connectivity index is 1.67. The van der Waals surface area contributed by atoms with Gasteiger partial charge in [-0.1, -0.05) is 24.1 Å². The quantitative estimate of drug-likeness (QED) is 0.539. The Hall–Kier alpha value is -4.18. The van der Waals surface area contributed by atoms with Crippen molar-refractivity contribution in [2.75, 3.05) is 10.6 Å². The van der Waals surface area contributed by atoms with Crippen LogP contribution in [0.1, 0.15) is 6.92 Å². The number of amides is 1. The molecular formula is C21H16N6O. The van der Waals surface area contributed by atoms with Crippen molar-refractivity contribution in [3.8, 4) is 17.7 Å². The lowest BCUT2D eigenvalue weighted by Gasteiger charge is -2.08. The van der Waals surface area contributed by atoms with Gasteiger partial charge in [-0.15, -0.1) is 0 Å². The van der Waals surface area contributed by atoms with Crippen LogP contribution in [0.25, 0.3) is 16.9 Å². The zero-order valence-corrected chi connectivity index (χ0v) is 15.0. The van der Waals surface area contributed by atoms with Crippen molar-refractivity contribution in [2.45, 2.75) is 6.92 Å². The number of para-hydroxylation sites is 1. The van der Waals surface area contributed by atoms with E-state index in [-0.39, 0.29) is 5.91 Å². The van der Waals surface area contributed by atoms with Gasteiger partial charge in [0, 0.05) is 11.4 Å². The zero-order chi connectivity index (χ0) is 19.3. The van der Waals surface area contributed by atoms with E-state index < -0.39 is 0 Å². The van der Waals surface area contributed by atoms with Crippen LogP contribution >= 0.6 is 0 Å². The third-order valence-corrected chi connectivity index (χ3v) is 3.96. The van der Waals surface area contributed by atoms with Crippen LogP contribution in [-0.2, 0) is 4.79 Å². The molecule has 0 saturated heterocycles. The summed E-state index contributed by atoms with van der Waals surface area (Å²) in [5, 5.41) is 5.97. The smallest absolute Gasteiger partial charge is 0.300 e. The van der Waals surface area contributed by atoms with Gasteiger partial charge < -0.3 is 10.6 Å². The molecule has 0 aliphatic heterocycles. The summed E-state index contributed by atoms with van der Waals surface area (Å²) in [6.07, 6.45) is 4.99. The topological polar surface area (TPSA) is 84.7 Å². The van der Waals surface area contributed by atoms with E-state index in [2.05, 4.69) is 37.4 Å². The third kappa shape index (κ3) is 3.66. The van der Waals surface area contributed by atoms with Crippen LogP contribution in [0, 0.1) is 11.8 Å². The monoisotopic (exact) mass is 368 g/mol. The summed E-state index contributed by atoms with van der Waals surface area (Å²) >= 11 is 0. The van der Waals surface area contributed by atoms with Gasteiger partial charge in [0.25, 0.3) is 5.91 Å². The summed E-state index contributed by atoms with van der Waals surface area (Å²) in [5.74, 6) is 5.91. The SMILES string of the molecule is CC#CC(=O)Nc1ccc2ncn(-c3cncc(Nc4ccccc4)n3)c2c1. The molecule has 0 spiro atoms.